The molecule has 1 aromatic rings. The molecule has 0 aliphatic heterocycles. The van der Waals surface area contributed by atoms with E-state index in [1.807, 2.05) is 0 Å². The molecule has 0 spiro atoms. The fraction of sp³-hybridized carbons (Fsp3) is 0.824. The molecule has 1 aliphatic carbocycles. The van der Waals surface area contributed by atoms with E-state index < -0.39 is 0 Å². The van der Waals surface area contributed by atoms with Gasteiger partial charge in [0.05, 0.1) is 11.7 Å². The van der Waals surface area contributed by atoms with E-state index in [1.165, 1.54) is 25.7 Å². The van der Waals surface area contributed by atoms with E-state index in [-0.39, 0.29) is 11.6 Å². The molecule has 0 saturated heterocycles. The Morgan fingerprint density at radius 2 is 1.95 bits per heavy atom. The molecule has 1 unspecified atom stereocenters. The van der Waals surface area contributed by atoms with E-state index in [9.17, 15) is 0 Å². The monoisotopic (exact) mass is 292 g/mol. The largest absolute Gasteiger partial charge is 0.326 e. The number of aromatic nitrogens is 2. The molecule has 1 fully saturated rings. The zero-order valence-electron chi connectivity index (χ0n) is 14.2. The highest BCUT2D eigenvalue weighted by Crippen LogP contribution is 2.29. The first kappa shape index (κ1) is 16.5. The molecule has 1 aliphatic rings. The number of hydrogen-bond acceptors (Lipinski definition) is 3. The predicted molar refractivity (Wildman–Crippen MR) is 88.4 cm³/mol. The van der Waals surface area contributed by atoms with Gasteiger partial charge in [0, 0.05) is 24.2 Å². The minimum atomic E-state index is 0.000633. The maximum absolute atomic E-state index is 6.51. The zero-order valence-corrected chi connectivity index (χ0v) is 14.2. The first-order chi connectivity index (χ1) is 9.98. The Morgan fingerprint density at radius 3 is 2.52 bits per heavy atom. The summed E-state index contributed by atoms with van der Waals surface area (Å²) in [5, 5.41) is 4.77. The van der Waals surface area contributed by atoms with Crippen molar-refractivity contribution < 1.29 is 0 Å². The second-order valence-electron chi connectivity index (χ2n) is 6.86. The van der Waals surface area contributed by atoms with Gasteiger partial charge in [0.15, 0.2) is 0 Å². The summed E-state index contributed by atoms with van der Waals surface area (Å²) in [4.78, 5) is 2.44. The molecular formula is C17H32N4. The van der Waals surface area contributed by atoms with Gasteiger partial charge in [-0.25, -0.2) is 0 Å². The highest BCUT2D eigenvalue weighted by Gasteiger charge is 2.32. The quantitative estimate of drug-likeness (QED) is 0.840. The van der Waals surface area contributed by atoms with Gasteiger partial charge in [-0.2, -0.15) is 5.10 Å². The second-order valence-corrected chi connectivity index (χ2v) is 6.86. The van der Waals surface area contributed by atoms with Crippen molar-refractivity contribution in [2.24, 2.45) is 5.73 Å². The zero-order chi connectivity index (χ0) is 15.5. The van der Waals surface area contributed by atoms with Crippen LogP contribution in [0.25, 0.3) is 0 Å². The highest BCUT2D eigenvalue weighted by molar-refractivity contribution is 5.06. The summed E-state index contributed by atoms with van der Waals surface area (Å²) in [7, 11) is 0. The Bertz CT molecular complexity index is 428. The van der Waals surface area contributed by atoms with Crippen molar-refractivity contribution in [1.82, 2.24) is 14.7 Å². The summed E-state index contributed by atoms with van der Waals surface area (Å²) >= 11 is 0. The lowest BCUT2D eigenvalue weighted by molar-refractivity contribution is 0.106. The molecule has 4 nitrogen and oxygen atoms in total. The Balaban J connectivity index is 2.00. The van der Waals surface area contributed by atoms with Gasteiger partial charge in [-0.1, -0.05) is 26.7 Å². The highest BCUT2D eigenvalue weighted by atomic mass is 15.3. The van der Waals surface area contributed by atoms with Gasteiger partial charge >= 0.3 is 0 Å². The fourth-order valence-electron chi connectivity index (χ4n) is 3.61. The average Bonchev–Trinajstić information content (AvgIpc) is 3.09. The van der Waals surface area contributed by atoms with E-state index >= 15 is 0 Å². The van der Waals surface area contributed by atoms with E-state index in [2.05, 4.69) is 49.5 Å². The van der Waals surface area contributed by atoms with Crippen LogP contribution in [0.15, 0.2) is 12.3 Å². The number of nitrogens with two attached hydrogens (primary N) is 1. The Kier molecular flexibility index (Phi) is 5.44. The van der Waals surface area contributed by atoms with Crippen molar-refractivity contribution in [3.63, 3.8) is 0 Å². The van der Waals surface area contributed by atoms with Crippen molar-refractivity contribution in [1.29, 1.82) is 0 Å². The molecule has 0 aromatic carbocycles. The minimum Gasteiger partial charge on any atom is -0.326 e. The van der Waals surface area contributed by atoms with Crippen molar-refractivity contribution >= 4 is 0 Å². The summed E-state index contributed by atoms with van der Waals surface area (Å²) in [6.45, 7) is 11.0. The van der Waals surface area contributed by atoms with Crippen LogP contribution in [-0.4, -0.2) is 39.4 Å². The maximum atomic E-state index is 6.51. The molecule has 4 heteroatoms. The third kappa shape index (κ3) is 3.67. The van der Waals surface area contributed by atoms with Crippen LogP contribution < -0.4 is 5.73 Å². The molecular weight excluding hydrogens is 260 g/mol. The van der Waals surface area contributed by atoms with Crippen LogP contribution >= 0.6 is 0 Å². The summed E-state index contributed by atoms with van der Waals surface area (Å²) in [6, 6.07) is 2.87. The fourth-order valence-corrected chi connectivity index (χ4v) is 3.61. The molecule has 0 radical (unpaired) electrons. The van der Waals surface area contributed by atoms with Gasteiger partial charge < -0.3 is 5.73 Å². The summed E-state index contributed by atoms with van der Waals surface area (Å²) < 4.78 is 2.17. The number of hydrogen-bond donors (Lipinski definition) is 1. The summed E-state index contributed by atoms with van der Waals surface area (Å²) in [5.41, 5.74) is 7.64. The molecule has 1 saturated carbocycles. The number of nitrogens with zero attached hydrogens (tertiary/aromatic N) is 3. The molecule has 120 valence electrons. The summed E-state index contributed by atoms with van der Waals surface area (Å²) in [6.07, 6.45) is 8.23. The third-order valence-electron chi connectivity index (χ3n) is 5.28. The Hall–Kier alpha value is -0.870. The van der Waals surface area contributed by atoms with E-state index in [4.69, 9.17) is 10.8 Å². The standard InChI is InChI=1S/C17H32N4/c1-5-20(6-2)17(3,4)16(18)13-14-11-12-21(19-14)15-9-7-8-10-15/h11-12,15-16H,5-10,13,18H2,1-4H3. The Labute approximate surface area is 129 Å². The normalized spacial score (nSPS) is 18.6. The van der Waals surface area contributed by atoms with E-state index in [0.29, 0.717) is 6.04 Å². The molecule has 1 heterocycles. The minimum absolute atomic E-state index is 0.000633. The van der Waals surface area contributed by atoms with E-state index in [0.717, 1.165) is 25.2 Å². The predicted octanol–water partition coefficient (Wildman–Crippen LogP) is 2.99. The van der Waals surface area contributed by atoms with Gasteiger partial charge in [-0.3, -0.25) is 9.58 Å². The van der Waals surface area contributed by atoms with Crippen molar-refractivity contribution in [3.05, 3.63) is 18.0 Å². The lowest BCUT2D eigenvalue weighted by atomic mass is 9.89. The van der Waals surface area contributed by atoms with Crippen LogP contribution in [-0.2, 0) is 6.42 Å². The molecule has 21 heavy (non-hydrogen) atoms. The topological polar surface area (TPSA) is 47.1 Å². The van der Waals surface area contributed by atoms with E-state index in [1.54, 1.807) is 0 Å². The van der Waals surface area contributed by atoms with Crippen LogP contribution in [0.3, 0.4) is 0 Å². The molecule has 1 aromatic heterocycles. The van der Waals surface area contributed by atoms with Crippen molar-refractivity contribution in [2.75, 3.05) is 13.1 Å². The lowest BCUT2D eigenvalue weighted by Gasteiger charge is -2.41. The number of rotatable bonds is 7. The molecule has 2 N–H and O–H groups in total. The number of likely N-dealkylation sites (N-methyl/N-ethyl adjacent to an activating group) is 1. The molecule has 0 amide bonds. The molecule has 0 bridgehead atoms. The third-order valence-corrected chi connectivity index (χ3v) is 5.28. The molecule has 2 rings (SSSR count). The van der Waals surface area contributed by atoms with Crippen LogP contribution in [0.2, 0.25) is 0 Å². The first-order valence-corrected chi connectivity index (χ1v) is 8.53. The average molecular weight is 292 g/mol. The smallest absolute Gasteiger partial charge is 0.0640 e. The maximum Gasteiger partial charge on any atom is 0.0640 e. The first-order valence-electron chi connectivity index (χ1n) is 8.53. The van der Waals surface area contributed by atoms with Gasteiger partial charge in [0.2, 0.25) is 0 Å². The van der Waals surface area contributed by atoms with Gasteiger partial charge in [-0.05, 0) is 45.8 Å². The SMILES string of the molecule is CCN(CC)C(C)(C)C(N)Cc1ccn(C2CCCC2)n1. The molecule has 1 atom stereocenters. The van der Waals surface area contributed by atoms with Crippen LogP contribution in [0, 0.1) is 0 Å². The van der Waals surface area contributed by atoms with Gasteiger partial charge in [0.1, 0.15) is 0 Å². The Morgan fingerprint density at radius 1 is 1.33 bits per heavy atom. The second kappa shape index (κ2) is 6.93. The van der Waals surface area contributed by atoms with Crippen LogP contribution in [0.5, 0.6) is 0 Å². The van der Waals surface area contributed by atoms with Crippen LogP contribution in [0.4, 0.5) is 0 Å². The summed E-state index contributed by atoms with van der Waals surface area (Å²) in [5.74, 6) is 0. The van der Waals surface area contributed by atoms with Crippen LogP contribution in [0.1, 0.15) is 65.1 Å². The van der Waals surface area contributed by atoms with Gasteiger partial charge in [-0.15, -0.1) is 0 Å². The van der Waals surface area contributed by atoms with Gasteiger partial charge in [0.25, 0.3) is 0 Å². The van der Waals surface area contributed by atoms with Crippen molar-refractivity contribution in [2.45, 2.75) is 77.4 Å². The lowest BCUT2D eigenvalue weighted by Crippen LogP contribution is -2.56. The van der Waals surface area contributed by atoms with Crippen molar-refractivity contribution in [3.8, 4) is 0 Å².